The minimum absolute atomic E-state index is 0.0531. The lowest BCUT2D eigenvalue weighted by atomic mass is 10.0. The number of hydrogen-bond donors (Lipinski definition) is 0. The molecule has 2 rings (SSSR count). The van der Waals surface area contributed by atoms with Crippen molar-refractivity contribution < 1.29 is 18.3 Å². The fourth-order valence-corrected chi connectivity index (χ4v) is 2.02. The van der Waals surface area contributed by atoms with Crippen LogP contribution in [0.5, 0.6) is 5.75 Å². The van der Waals surface area contributed by atoms with Crippen molar-refractivity contribution in [2.45, 2.75) is 12.8 Å². The van der Waals surface area contributed by atoms with Gasteiger partial charge in [0.15, 0.2) is 5.78 Å². The first kappa shape index (κ1) is 14.2. The van der Waals surface area contributed by atoms with E-state index in [0.29, 0.717) is 12.2 Å². The lowest BCUT2D eigenvalue weighted by molar-refractivity contribution is 0.0981. The average Bonchev–Trinajstić information content (AvgIpc) is 2.44. The predicted molar refractivity (Wildman–Crippen MR) is 72.0 cm³/mol. The molecule has 0 saturated heterocycles. The minimum Gasteiger partial charge on any atom is -0.496 e. The summed E-state index contributed by atoms with van der Waals surface area (Å²) >= 11 is 0. The number of rotatable bonds is 5. The Bertz CT molecular complexity index is 603. The molecule has 104 valence electrons. The molecule has 0 atom stereocenters. The van der Waals surface area contributed by atoms with Crippen molar-refractivity contribution in [3.05, 3.63) is 65.2 Å². The summed E-state index contributed by atoms with van der Waals surface area (Å²) < 4.78 is 31.3. The molecular weight excluding hydrogens is 262 g/mol. The van der Waals surface area contributed by atoms with Crippen molar-refractivity contribution >= 4 is 5.78 Å². The normalized spacial score (nSPS) is 10.3. The summed E-state index contributed by atoms with van der Waals surface area (Å²) in [7, 11) is 1.56. The minimum atomic E-state index is -0.745. The maximum Gasteiger partial charge on any atom is 0.163 e. The molecule has 0 spiro atoms. The van der Waals surface area contributed by atoms with Gasteiger partial charge in [-0.3, -0.25) is 4.79 Å². The van der Waals surface area contributed by atoms with E-state index in [4.69, 9.17) is 4.74 Å². The molecule has 4 heteroatoms. The van der Waals surface area contributed by atoms with Crippen molar-refractivity contribution in [3.63, 3.8) is 0 Å². The molecule has 0 aliphatic heterocycles. The Kier molecular flexibility index (Phi) is 4.45. The molecule has 0 amide bonds. The zero-order valence-electron chi connectivity index (χ0n) is 11.0. The quantitative estimate of drug-likeness (QED) is 0.777. The first-order valence-corrected chi connectivity index (χ1v) is 6.21. The molecule has 0 N–H and O–H groups in total. The van der Waals surface area contributed by atoms with Crippen LogP contribution in [-0.2, 0) is 6.42 Å². The van der Waals surface area contributed by atoms with Crippen LogP contribution < -0.4 is 4.74 Å². The van der Waals surface area contributed by atoms with Gasteiger partial charge < -0.3 is 4.74 Å². The third-order valence-electron chi connectivity index (χ3n) is 3.00. The van der Waals surface area contributed by atoms with Crippen LogP contribution in [0.3, 0.4) is 0 Å². The van der Waals surface area contributed by atoms with Crippen LogP contribution in [0.25, 0.3) is 0 Å². The summed E-state index contributed by atoms with van der Waals surface area (Å²) in [6.07, 6.45) is 0.629. The van der Waals surface area contributed by atoms with Crippen molar-refractivity contribution in [1.29, 1.82) is 0 Å². The molecule has 0 fully saturated rings. The largest absolute Gasteiger partial charge is 0.496 e. The van der Waals surface area contributed by atoms with Crippen LogP contribution in [0.15, 0.2) is 42.5 Å². The maximum absolute atomic E-state index is 13.1. The fraction of sp³-hybridized carbons (Fsp3) is 0.188. The molecule has 0 bridgehead atoms. The van der Waals surface area contributed by atoms with E-state index in [1.54, 1.807) is 7.11 Å². The topological polar surface area (TPSA) is 26.3 Å². The Labute approximate surface area is 116 Å². The molecular formula is C16H14F2O2. The number of aryl methyl sites for hydroxylation is 1. The summed E-state index contributed by atoms with van der Waals surface area (Å²) in [6.45, 7) is 0. The Morgan fingerprint density at radius 2 is 1.75 bits per heavy atom. The van der Waals surface area contributed by atoms with E-state index >= 15 is 0 Å². The van der Waals surface area contributed by atoms with Crippen LogP contribution in [0.4, 0.5) is 8.78 Å². The molecule has 20 heavy (non-hydrogen) atoms. The number of hydrogen-bond acceptors (Lipinski definition) is 2. The highest BCUT2D eigenvalue weighted by molar-refractivity contribution is 5.96. The first-order valence-electron chi connectivity index (χ1n) is 6.21. The van der Waals surface area contributed by atoms with Gasteiger partial charge in [-0.2, -0.15) is 0 Å². The Morgan fingerprint density at radius 3 is 2.40 bits per heavy atom. The van der Waals surface area contributed by atoms with E-state index in [-0.39, 0.29) is 17.8 Å². The summed E-state index contributed by atoms with van der Waals surface area (Å²) in [5, 5.41) is 0. The molecule has 0 aromatic heterocycles. The van der Waals surface area contributed by atoms with Crippen LogP contribution >= 0.6 is 0 Å². The lowest BCUT2D eigenvalue weighted by Crippen LogP contribution is -2.03. The third-order valence-corrected chi connectivity index (χ3v) is 3.00. The molecule has 0 unspecified atom stereocenters. The van der Waals surface area contributed by atoms with Gasteiger partial charge in [0.05, 0.1) is 7.11 Å². The summed E-state index contributed by atoms with van der Waals surface area (Å²) in [5.74, 6) is -1.09. The number of benzene rings is 2. The van der Waals surface area contributed by atoms with E-state index in [1.807, 2.05) is 24.3 Å². The van der Waals surface area contributed by atoms with E-state index < -0.39 is 11.6 Å². The second-order valence-electron chi connectivity index (χ2n) is 4.39. The highest BCUT2D eigenvalue weighted by atomic mass is 19.1. The van der Waals surface area contributed by atoms with Gasteiger partial charge in [0.1, 0.15) is 17.4 Å². The summed E-state index contributed by atoms with van der Waals surface area (Å²) in [5.41, 5.74) is 0.942. The van der Waals surface area contributed by atoms with Crippen molar-refractivity contribution in [2.75, 3.05) is 7.11 Å². The molecule has 2 aromatic carbocycles. The van der Waals surface area contributed by atoms with E-state index in [1.165, 1.54) is 0 Å². The van der Waals surface area contributed by atoms with Gasteiger partial charge in [0.2, 0.25) is 0 Å². The van der Waals surface area contributed by atoms with Gasteiger partial charge >= 0.3 is 0 Å². The number of ether oxygens (including phenoxy) is 1. The lowest BCUT2D eigenvalue weighted by Gasteiger charge is -2.07. The Morgan fingerprint density at radius 1 is 1.10 bits per heavy atom. The predicted octanol–water partition coefficient (Wildman–Crippen LogP) is 3.79. The summed E-state index contributed by atoms with van der Waals surface area (Å²) in [4.78, 5) is 11.9. The van der Waals surface area contributed by atoms with Gasteiger partial charge in [-0.15, -0.1) is 0 Å². The maximum atomic E-state index is 13.1. The number of carbonyl (C=O) groups is 1. The van der Waals surface area contributed by atoms with Crippen molar-refractivity contribution in [2.24, 2.45) is 0 Å². The monoisotopic (exact) mass is 276 g/mol. The third kappa shape index (κ3) is 3.41. The van der Waals surface area contributed by atoms with E-state index in [9.17, 15) is 13.6 Å². The van der Waals surface area contributed by atoms with Crippen LogP contribution in [-0.4, -0.2) is 12.9 Å². The Hall–Kier alpha value is -2.23. The average molecular weight is 276 g/mol. The van der Waals surface area contributed by atoms with Gasteiger partial charge in [-0.05, 0) is 30.2 Å². The van der Waals surface area contributed by atoms with Gasteiger partial charge in [-0.25, -0.2) is 8.78 Å². The number of carbonyl (C=O) groups excluding carboxylic acids is 1. The number of halogens is 2. The second-order valence-corrected chi connectivity index (χ2v) is 4.39. The van der Waals surface area contributed by atoms with Gasteiger partial charge in [-0.1, -0.05) is 18.2 Å². The molecule has 0 aliphatic rings. The van der Waals surface area contributed by atoms with Crippen molar-refractivity contribution in [1.82, 2.24) is 0 Å². The van der Waals surface area contributed by atoms with E-state index in [0.717, 1.165) is 23.8 Å². The zero-order chi connectivity index (χ0) is 14.5. The van der Waals surface area contributed by atoms with Crippen LogP contribution in [0.2, 0.25) is 0 Å². The van der Waals surface area contributed by atoms with Gasteiger partial charge in [0, 0.05) is 18.1 Å². The smallest absolute Gasteiger partial charge is 0.163 e. The Balaban J connectivity index is 2.08. The SMILES string of the molecule is COc1ccccc1CCC(=O)c1cc(F)cc(F)c1. The number of methoxy groups -OCH3 is 1. The fourth-order valence-electron chi connectivity index (χ4n) is 2.02. The van der Waals surface area contributed by atoms with Gasteiger partial charge in [0.25, 0.3) is 0 Å². The first-order chi connectivity index (χ1) is 9.60. The molecule has 0 aliphatic carbocycles. The molecule has 2 aromatic rings. The summed E-state index contributed by atoms with van der Waals surface area (Å²) in [6, 6.07) is 10.2. The molecule has 2 nitrogen and oxygen atoms in total. The number of ketones is 1. The van der Waals surface area contributed by atoms with Crippen molar-refractivity contribution in [3.8, 4) is 5.75 Å². The molecule has 0 saturated carbocycles. The highest BCUT2D eigenvalue weighted by Gasteiger charge is 2.11. The number of para-hydroxylation sites is 1. The van der Waals surface area contributed by atoms with Crippen LogP contribution in [0, 0.1) is 11.6 Å². The zero-order valence-corrected chi connectivity index (χ0v) is 11.0. The highest BCUT2D eigenvalue weighted by Crippen LogP contribution is 2.20. The van der Waals surface area contributed by atoms with Crippen LogP contribution in [0.1, 0.15) is 22.3 Å². The van der Waals surface area contributed by atoms with E-state index in [2.05, 4.69) is 0 Å². The standard InChI is InChI=1S/C16H14F2O2/c1-20-16-5-3-2-4-11(16)6-7-15(19)12-8-13(17)10-14(18)9-12/h2-5,8-10H,6-7H2,1H3. The second kappa shape index (κ2) is 6.28. The molecule has 0 radical (unpaired) electrons. The number of Topliss-reactive ketones (excluding diaryl/α,β-unsaturated/α-hetero) is 1. The molecule has 0 heterocycles.